The molecule has 0 unspecified atom stereocenters. The Hall–Kier alpha value is -2.19. The van der Waals surface area contributed by atoms with Crippen LogP contribution in [0.15, 0.2) is 23.3 Å². The maximum Gasteiger partial charge on any atom is 0.261 e. The average Bonchev–Trinajstić information content (AvgIpc) is 3.15. The molecule has 1 N–H and O–H groups in total. The number of ether oxygens (including phenoxy) is 1. The molecule has 0 aromatic carbocycles. The monoisotopic (exact) mass is 347 g/mol. The van der Waals surface area contributed by atoms with Crippen molar-refractivity contribution in [3.63, 3.8) is 0 Å². The fourth-order valence-corrected chi connectivity index (χ4v) is 3.47. The molecule has 0 bridgehead atoms. The lowest BCUT2D eigenvalue weighted by Gasteiger charge is -2.27. The molecule has 1 fully saturated rings. The number of hydrogen-bond acceptors (Lipinski definition) is 6. The third-order valence-corrected chi connectivity index (χ3v) is 4.79. The number of hydrogen-bond donors (Lipinski definition) is 1. The molecule has 128 valence electrons. The van der Waals surface area contributed by atoms with E-state index in [1.165, 1.54) is 5.00 Å². The third-order valence-electron chi connectivity index (χ3n) is 3.71. The summed E-state index contributed by atoms with van der Waals surface area (Å²) in [5.41, 5.74) is 4.41. The van der Waals surface area contributed by atoms with Crippen LogP contribution in [-0.4, -0.2) is 48.2 Å². The molecule has 2 aromatic rings. The van der Waals surface area contributed by atoms with E-state index in [0.717, 1.165) is 42.6 Å². The predicted octanol–water partition coefficient (Wildman–Crippen LogP) is 1.55. The molecule has 0 saturated carbocycles. The number of nitrogens with zero attached hydrogens (tertiary/aromatic N) is 4. The maximum atomic E-state index is 11.9. The van der Waals surface area contributed by atoms with Gasteiger partial charge in [-0.15, -0.1) is 11.3 Å². The van der Waals surface area contributed by atoms with E-state index in [1.54, 1.807) is 22.2 Å². The number of nitrogens with one attached hydrogen (secondary N) is 1. The van der Waals surface area contributed by atoms with Crippen LogP contribution in [0.2, 0.25) is 0 Å². The Morgan fingerprint density at radius 3 is 2.92 bits per heavy atom. The lowest BCUT2D eigenvalue weighted by molar-refractivity contribution is -0.121. The molecule has 0 radical (unpaired) electrons. The highest BCUT2D eigenvalue weighted by Crippen LogP contribution is 2.25. The zero-order chi connectivity index (χ0) is 16.9. The van der Waals surface area contributed by atoms with E-state index in [0.29, 0.717) is 0 Å². The van der Waals surface area contributed by atoms with Gasteiger partial charge in [-0.2, -0.15) is 10.2 Å². The van der Waals surface area contributed by atoms with Gasteiger partial charge >= 0.3 is 0 Å². The van der Waals surface area contributed by atoms with E-state index >= 15 is 0 Å². The number of hydrazone groups is 1. The number of carbonyl (C=O) groups is 1. The minimum absolute atomic E-state index is 0.167. The van der Waals surface area contributed by atoms with E-state index in [1.807, 2.05) is 26.0 Å². The summed E-state index contributed by atoms with van der Waals surface area (Å²) in [4.78, 5) is 15.2. The van der Waals surface area contributed by atoms with Gasteiger partial charge in [0.15, 0.2) is 0 Å². The van der Waals surface area contributed by atoms with Gasteiger partial charge in [0.1, 0.15) is 6.54 Å². The Kier molecular flexibility index (Phi) is 5.27. The SMILES string of the molecule is Cc1cc(C)n(CC(=O)NN=Cc2ccc(N3CCOCC3)s2)n1. The Morgan fingerprint density at radius 2 is 2.21 bits per heavy atom. The van der Waals surface area contributed by atoms with Crippen LogP contribution in [0.1, 0.15) is 16.3 Å². The molecule has 0 spiro atoms. The van der Waals surface area contributed by atoms with Gasteiger partial charge in [-0.1, -0.05) is 0 Å². The fraction of sp³-hybridized carbons (Fsp3) is 0.438. The molecule has 1 saturated heterocycles. The molecule has 1 aliphatic rings. The largest absolute Gasteiger partial charge is 0.378 e. The summed E-state index contributed by atoms with van der Waals surface area (Å²) >= 11 is 1.65. The third kappa shape index (κ3) is 4.21. The first kappa shape index (κ1) is 16.7. The van der Waals surface area contributed by atoms with Crippen molar-refractivity contribution < 1.29 is 9.53 Å². The first-order valence-electron chi connectivity index (χ1n) is 7.87. The average molecular weight is 347 g/mol. The van der Waals surface area contributed by atoms with Crippen molar-refractivity contribution in [3.8, 4) is 0 Å². The van der Waals surface area contributed by atoms with Crippen LogP contribution in [0.4, 0.5) is 5.00 Å². The van der Waals surface area contributed by atoms with Crippen molar-refractivity contribution in [1.29, 1.82) is 0 Å². The Bertz CT molecular complexity index is 731. The molecule has 7 nitrogen and oxygen atoms in total. The van der Waals surface area contributed by atoms with Gasteiger partial charge in [-0.05, 0) is 32.0 Å². The van der Waals surface area contributed by atoms with Crippen LogP contribution in [0, 0.1) is 13.8 Å². The van der Waals surface area contributed by atoms with Crippen molar-refractivity contribution >= 4 is 28.5 Å². The maximum absolute atomic E-state index is 11.9. The van der Waals surface area contributed by atoms with E-state index < -0.39 is 0 Å². The zero-order valence-electron chi connectivity index (χ0n) is 13.9. The fourth-order valence-electron chi connectivity index (χ4n) is 2.54. The highest BCUT2D eigenvalue weighted by molar-refractivity contribution is 7.17. The molecule has 0 atom stereocenters. The first-order chi connectivity index (χ1) is 11.6. The summed E-state index contributed by atoms with van der Waals surface area (Å²) in [5, 5.41) is 9.50. The number of aromatic nitrogens is 2. The minimum atomic E-state index is -0.192. The number of morpholine rings is 1. The second-order valence-electron chi connectivity index (χ2n) is 5.65. The summed E-state index contributed by atoms with van der Waals surface area (Å²) in [7, 11) is 0. The normalized spacial score (nSPS) is 15.2. The summed E-state index contributed by atoms with van der Waals surface area (Å²) in [6, 6.07) is 6.02. The number of thiophene rings is 1. The van der Waals surface area contributed by atoms with Gasteiger partial charge in [-0.25, -0.2) is 5.43 Å². The molecule has 0 aliphatic carbocycles. The topological polar surface area (TPSA) is 71.8 Å². The molecule has 8 heteroatoms. The molecule has 1 amide bonds. The van der Waals surface area contributed by atoms with Crippen LogP contribution in [0.5, 0.6) is 0 Å². The van der Waals surface area contributed by atoms with Crippen molar-refractivity contribution in [2.45, 2.75) is 20.4 Å². The van der Waals surface area contributed by atoms with Crippen molar-refractivity contribution in [1.82, 2.24) is 15.2 Å². The molecule has 1 aliphatic heterocycles. The van der Waals surface area contributed by atoms with E-state index in [2.05, 4.69) is 26.6 Å². The number of amides is 1. The van der Waals surface area contributed by atoms with E-state index in [9.17, 15) is 4.79 Å². The second kappa shape index (κ2) is 7.59. The van der Waals surface area contributed by atoms with Gasteiger partial charge in [0.2, 0.25) is 0 Å². The smallest absolute Gasteiger partial charge is 0.261 e. The number of carbonyl (C=O) groups excluding carboxylic acids is 1. The number of anilines is 1. The summed E-state index contributed by atoms with van der Waals surface area (Å²) < 4.78 is 7.03. The number of rotatable bonds is 5. The van der Waals surface area contributed by atoms with Crippen LogP contribution >= 0.6 is 11.3 Å². The Balaban J connectivity index is 1.51. The van der Waals surface area contributed by atoms with Crippen LogP contribution in [0.25, 0.3) is 0 Å². The lowest BCUT2D eigenvalue weighted by atomic mass is 10.4. The van der Waals surface area contributed by atoms with Gasteiger partial charge in [0.05, 0.1) is 30.1 Å². The standard InChI is InChI=1S/C16H21N5O2S/c1-12-9-13(2)21(19-12)11-15(22)18-17-10-14-3-4-16(24-14)20-5-7-23-8-6-20/h3-4,9-10H,5-8,11H2,1-2H3,(H,18,22). The molecule has 2 aromatic heterocycles. The van der Waals surface area contributed by atoms with Gasteiger partial charge in [0.25, 0.3) is 5.91 Å². The van der Waals surface area contributed by atoms with Gasteiger partial charge < -0.3 is 9.64 Å². The first-order valence-corrected chi connectivity index (χ1v) is 8.69. The zero-order valence-corrected chi connectivity index (χ0v) is 14.7. The van der Waals surface area contributed by atoms with Crippen molar-refractivity contribution in [2.75, 3.05) is 31.2 Å². The minimum Gasteiger partial charge on any atom is -0.378 e. The van der Waals surface area contributed by atoms with Crippen molar-refractivity contribution in [3.05, 3.63) is 34.5 Å². The second-order valence-corrected chi connectivity index (χ2v) is 6.75. The molecule has 24 heavy (non-hydrogen) atoms. The molecule has 3 heterocycles. The summed E-state index contributed by atoms with van der Waals surface area (Å²) in [5.74, 6) is -0.192. The lowest BCUT2D eigenvalue weighted by Crippen LogP contribution is -2.35. The van der Waals surface area contributed by atoms with Gasteiger partial charge in [0, 0.05) is 23.7 Å². The van der Waals surface area contributed by atoms with Crippen molar-refractivity contribution in [2.24, 2.45) is 5.10 Å². The van der Waals surface area contributed by atoms with Gasteiger partial charge in [-0.3, -0.25) is 9.48 Å². The number of aryl methyl sites for hydroxylation is 2. The summed E-state index contributed by atoms with van der Waals surface area (Å²) in [6.07, 6.45) is 1.67. The van der Waals surface area contributed by atoms with Crippen LogP contribution < -0.4 is 10.3 Å². The highest BCUT2D eigenvalue weighted by Gasteiger charge is 2.12. The Morgan fingerprint density at radius 1 is 1.42 bits per heavy atom. The molecular weight excluding hydrogens is 326 g/mol. The Labute approximate surface area is 144 Å². The highest BCUT2D eigenvalue weighted by atomic mass is 32.1. The molecular formula is C16H21N5O2S. The predicted molar refractivity (Wildman–Crippen MR) is 94.8 cm³/mol. The van der Waals surface area contributed by atoms with E-state index in [-0.39, 0.29) is 12.5 Å². The van der Waals surface area contributed by atoms with Crippen LogP contribution in [0.3, 0.4) is 0 Å². The quantitative estimate of drug-likeness (QED) is 0.658. The molecule has 3 rings (SSSR count). The van der Waals surface area contributed by atoms with E-state index in [4.69, 9.17) is 4.74 Å². The summed E-state index contributed by atoms with van der Waals surface area (Å²) in [6.45, 7) is 7.36. The van der Waals surface area contributed by atoms with Crippen LogP contribution in [-0.2, 0) is 16.1 Å².